The van der Waals surface area contributed by atoms with Crippen LogP contribution in [0, 0.1) is 5.92 Å². The predicted octanol–water partition coefficient (Wildman–Crippen LogP) is 3.81. The molecule has 0 aromatic heterocycles. The van der Waals surface area contributed by atoms with Crippen LogP contribution in [0.15, 0.2) is 35.0 Å². The number of ketones is 1. The van der Waals surface area contributed by atoms with Gasteiger partial charge in [-0.15, -0.1) is 0 Å². The maximum Gasteiger partial charge on any atom is 0.173 e. The first kappa shape index (κ1) is 15.0. The second-order valence-corrected chi connectivity index (χ2v) is 5.43. The van der Waals surface area contributed by atoms with Crippen LogP contribution in [0.5, 0.6) is 5.75 Å². The molecule has 1 aromatic carbocycles. The van der Waals surface area contributed by atoms with Crippen LogP contribution in [0.3, 0.4) is 0 Å². The van der Waals surface area contributed by atoms with Crippen LogP contribution in [0.1, 0.15) is 29.3 Å². The first-order valence-corrected chi connectivity index (χ1v) is 7.75. The number of allylic oxidation sites excluding steroid dienone is 2. The molecule has 4 heteroatoms. The van der Waals surface area contributed by atoms with E-state index in [9.17, 15) is 4.79 Å². The Morgan fingerprint density at radius 3 is 2.85 bits per heavy atom. The minimum atomic E-state index is 0.0661. The molecule has 0 saturated heterocycles. The number of Topliss-reactive ketones (excluding diaryl/α,β-unsaturated/α-hetero) is 1. The summed E-state index contributed by atoms with van der Waals surface area (Å²) in [4.78, 5) is 15.9. The van der Waals surface area contributed by atoms with Crippen LogP contribution in [0.4, 0.5) is 0 Å². The molecule has 1 aliphatic rings. The zero-order valence-electron chi connectivity index (χ0n) is 11.7. The number of rotatable bonds is 6. The lowest BCUT2D eigenvalue weighted by Gasteiger charge is -2.11. The van der Waals surface area contributed by atoms with Crippen LogP contribution in [-0.4, -0.2) is 24.4 Å². The van der Waals surface area contributed by atoms with E-state index in [1.54, 1.807) is 7.11 Å². The lowest BCUT2D eigenvalue weighted by molar-refractivity contribution is 0.102. The van der Waals surface area contributed by atoms with Gasteiger partial charge in [0.2, 0.25) is 0 Å². The second-order valence-electron chi connectivity index (χ2n) is 4.87. The van der Waals surface area contributed by atoms with Crippen LogP contribution >= 0.6 is 15.9 Å². The van der Waals surface area contributed by atoms with E-state index in [1.807, 2.05) is 31.3 Å². The summed E-state index contributed by atoms with van der Waals surface area (Å²) >= 11 is 3.19. The normalized spacial score (nSPS) is 17.1. The Morgan fingerprint density at radius 1 is 1.45 bits per heavy atom. The molecule has 0 radical (unpaired) electrons. The topological polar surface area (TPSA) is 38.7 Å². The summed E-state index contributed by atoms with van der Waals surface area (Å²) in [6.45, 7) is 2.01. The molecule has 3 nitrogen and oxygen atoms in total. The largest absolute Gasteiger partial charge is 0.496 e. The van der Waals surface area contributed by atoms with E-state index in [2.05, 4.69) is 27.0 Å². The van der Waals surface area contributed by atoms with Gasteiger partial charge in [0, 0.05) is 23.4 Å². The Kier molecular flexibility index (Phi) is 5.12. The molecule has 0 N–H and O–H groups in total. The molecule has 0 amide bonds. The van der Waals surface area contributed by atoms with Crippen molar-refractivity contribution in [2.45, 2.75) is 19.8 Å². The smallest absolute Gasteiger partial charge is 0.173 e. The highest BCUT2D eigenvalue weighted by molar-refractivity contribution is 9.09. The summed E-state index contributed by atoms with van der Waals surface area (Å²) in [6, 6.07) is 5.67. The van der Waals surface area contributed by atoms with Crippen LogP contribution in [-0.2, 0) is 6.42 Å². The minimum Gasteiger partial charge on any atom is -0.496 e. The second kappa shape index (κ2) is 6.84. The SMILES string of the molecule is COc1cc(C(=O)CBr)ccc1CCC1C=NC(C)=C1. The highest BCUT2D eigenvalue weighted by Crippen LogP contribution is 2.25. The Labute approximate surface area is 127 Å². The Balaban J connectivity index is 2.08. The number of ether oxygens (including phenoxy) is 1. The van der Waals surface area contributed by atoms with Crippen molar-refractivity contribution in [2.75, 3.05) is 12.4 Å². The molecule has 20 heavy (non-hydrogen) atoms. The van der Waals surface area contributed by atoms with Gasteiger partial charge in [-0.3, -0.25) is 9.79 Å². The van der Waals surface area contributed by atoms with Gasteiger partial charge in [0.15, 0.2) is 5.78 Å². The average molecular weight is 336 g/mol. The summed E-state index contributed by atoms with van der Waals surface area (Å²) in [7, 11) is 1.64. The molecule has 1 unspecified atom stereocenters. The third-order valence-electron chi connectivity index (χ3n) is 3.40. The van der Waals surface area contributed by atoms with Gasteiger partial charge >= 0.3 is 0 Å². The third kappa shape index (κ3) is 3.57. The fourth-order valence-corrected chi connectivity index (χ4v) is 2.61. The van der Waals surface area contributed by atoms with Gasteiger partial charge in [0.25, 0.3) is 0 Å². The maximum absolute atomic E-state index is 11.7. The van der Waals surface area contributed by atoms with Gasteiger partial charge < -0.3 is 4.74 Å². The quantitative estimate of drug-likeness (QED) is 0.585. The molecule has 1 aliphatic heterocycles. The maximum atomic E-state index is 11.7. The standard InChI is InChI=1S/C16H18BrNO2/c1-11-7-12(10-18-11)3-4-13-5-6-14(15(19)9-17)8-16(13)20-2/h5-8,10,12H,3-4,9H2,1-2H3. The van der Waals surface area contributed by atoms with Gasteiger partial charge in [0.1, 0.15) is 5.75 Å². The molecule has 106 valence electrons. The lowest BCUT2D eigenvalue weighted by atomic mass is 9.98. The number of carbonyl (C=O) groups is 1. The van der Waals surface area contributed by atoms with E-state index >= 15 is 0 Å². The zero-order valence-corrected chi connectivity index (χ0v) is 13.3. The van der Waals surface area contributed by atoms with Crippen LogP contribution in [0.25, 0.3) is 0 Å². The van der Waals surface area contributed by atoms with Crippen molar-refractivity contribution >= 4 is 27.9 Å². The van der Waals surface area contributed by atoms with Crippen molar-refractivity contribution < 1.29 is 9.53 Å². The van der Waals surface area contributed by atoms with Crippen molar-refractivity contribution in [1.29, 1.82) is 0 Å². The van der Waals surface area contributed by atoms with Gasteiger partial charge in [-0.2, -0.15) is 0 Å². The van der Waals surface area contributed by atoms with Crippen molar-refractivity contribution in [3.63, 3.8) is 0 Å². The van der Waals surface area contributed by atoms with Gasteiger partial charge in [-0.05, 0) is 31.4 Å². The predicted molar refractivity (Wildman–Crippen MR) is 85.2 cm³/mol. The van der Waals surface area contributed by atoms with E-state index < -0.39 is 0 Å². The fraction of sp³-hybridized carbons (Fsp3) is 0.375. The van der Waals surface area contributed by atoms with E-state index in [1.165, 1.54) is 0 Å². The number of carbonyl (C=O) groups excluding carboxylic acids is 1. The third-order valence-corrected chi connectivity index (χ3v) is 3.91. The average Bonchev–Trinajstić information content (AvgIpc) is 2.89. The van der Waals surface area contributed by atoms with E-state index in [0.717, 1.165) is 29.9 Å². The first-order chi connectivity index (χ1) is 9.63. The number of benzene rings is 1. The van der Waals surface area contributed by atoms with Gasteiger partial charge in [-0.25, -0.2) is 0 Å². The molecule has 0 spiro atoms. The molecule has 0 fully saturated rings. The Hall–Kier alpha value is -1.42. The highest BCUT2D eigenvalue weighted by atomic mass is 79.9. The molecule has 0 aliphatic carbocycles. The van der Waals surface area contributed by atoms with Crippen LogP contribution in [0.2, 0.25) is 0 Å². The van der Waals surface area contributed by atoms with E-state index in [4.69, 9.17) is 4.74 Å². The lowest BCUT2D eigenvalue weighted by Crippen LogP contribution is -2.03. The van der Waals surface area contributed by atoms with Crippen molar-refractivity contribution in [1.82, 2.24) is 0 Å². The highest BCUT2D eigenvalue weighted by Gasteiger charge is 2.12. The number of alkyl halides is 1. The molecule has 0 bridgehead atoms. The number of halogens is 1. The molecule has 0 saturated carbocycles. The molecule has 1 heterocycles. The summed E-state index contributed by atoms with van der Waals surface area (Å²) in [6.07, 6.45) is 6.08. The summed E-state index contributed by atoms with van der Waals surface area (Å²) < 4.78 is 5.40. The Morgan fingerprint density at radius 2 is 2.25 bits per heavy atom. The molecule has 1 atom stereocenters. The summed E-state index contributed by atoms with van der Waals surface area (Å²) in [5, 5.41) is 0.331. The van der Waals surface area contributed by atoms with Crippen molar-refractivity contribution in [2.24, 2.45) is 10.9 Å². The first-order valence-electron chi connectivity index (χ1n) is 6.62. The van der Waals surface area contributed by atoms with Crippen LogP contribution < -0.4 is 4.74 Å². The zero-order chi connectivity index (χ0) is 14.5. The Bertz CT molecular complexity index is 564. The number of hydrogen-bond acceptors (Lipinski definition) is 3. The fourth-order valence-electron chi connectivity index (χ4n) is 2.29. The number of hydrogen-bond donors (Lipinski definition) is 0. The summed E-state index contributed by atoms with van der Waals surface area (Å²) in [5.74, 6) is 1.26. The van der Waals surface area contributed by atoms with Crippen molar-refractivity contribution in [3.05, 3.63) is 41.1 Å². The molecular formula is C16H18BrNO2. The minimum absolute atomic E-state index is 0.0661. The molecule has 1 aromatic rings. The van der Waals surface area contributed by atoms with Gasteiger partial charge in [0.05, 0.1) is 12.4 Å². The number of methoxy groups -OCH3 is 1. The molecular weight excluding hydrogens is 318 g/mol. The monoisotopic (exact) mass is 335 g/mol. The van der Waals surface area contributed by atoms with E-state index in [0.29, 0.717) is 16.8 Å². The van der Waals surface area contributed by atoms with Gasteiger partial charge in [-0.1, -0.05) is 34.1 Å². The number of aliphatic imine (C=N–C) groups is 1. The van der Waals surface area contributed by atoms with Crippen molar-refractivity contribution in [3.8, 4) is 5.75 Å². The van der Waals surface area contributed by atoms with E-state index in [-0.39, 0.29) is 5.78 Å². The molecule has 2 rings (SSSR count). The number of aryl methyl sites for hydroxylation is 1. The number of nitrogens with zero attached hydrogens (tertiary/aromatic N) is 1. The summed E-state index contributed by atoms with van der Waals surface area (Å²) in [5.41, 5.74) is 2.89.